The van der Waals surface area contributed by atoms with Gasteiger partial charge in [0.15, 0.2) is 23.4 Å². The lowest BCUT2D eigenvalue weighted by Gasteiger charge is -2.56. The molecule has 0 aromatic heterocycles. The van der Waals surface area contributed by atoms with E-state index in [1.165, 1.54) is 24.8 Å². The molecule has 2 heterocycles. The molecule has 0 radical (unpaired) electrons. The van der Waals surface area contributed by atoms with Crippen LogP contribution in [0.3, 0.4) is 0 Å². The topological polar surface area (TPSA) is 76.1 Å². The molecule has 2 spiro atoms. The quantitative estimate of drug-likeness (QED) is 0.595. The fourth-order valence-electron chi connectivity index (χ4n) is 7.98. The minimum atomic E-state index is -0.988. The second-order valence-electron chi connectivity index (χ2n) is 11.2. The highest BCUT2D eigenvalue weighted by Crippen LogP contribution is 2.74. The summed E-state index contributed by atoms with van der Waals surface area (Å²) in [5.74, 6) is 0.426. The van der Waals surface area contributed by atoms with Crippen LogP contribution in [-0.2, 0) is 20.4 Å². The number of benzene rings is 1. The van der Waals surface area contributed by atoms with E-state index in [0.29, 0.717) is 30.4 Å². The summed E-state index contributed by atoms with van der Waals surface area (Å²) in [5, 5.41) is 12.4. The van der Waals surface area contributed by atoms with Gasteiger partial charge in [-0.3, -0.25) is 14.5 Å². The summed E-state index contributed by atoms with van der Waals surface area (Å²) in [5.41, 5.74) is 0.439. The van der Waals surface area contributed by atoms with E-state index in [9.17, 15) is 14.7 Å². The van der Waals surface area contributed by atoms with Crippen LogP contribution in [-0.4, -0.2) is 52.1 Å². The molecule has 5 atom stereocenters. The predicted molar refractivity (Wildman–Crippen MR) is 111 cm³/mol. The van der Waals surface area contributed by atoms with Crippen LogP contribution in [0.1, 0.15) is 69.9 Å². The zero-order valence-electron chi connectivity index (χ0n) is 18.1. The monoisotopic (exact) mass is 423 g/mol. The predicted octanol–water partition coefficient (Wildman–Crippen LogP) is 2.62. The second kappa shape index (κ2) is 5.52. The van der Waals surface area contributed by atoms with Gasteiger partial charge in [-0.15, -0.1) is 0 Å². The third-order valence-electron chi connectivity index (χ3n) is 9.50. The molecular weight excluding hydrogens is 394 g/mol. The highest BCUT2D eigenvalue weighted by molar-refractivity contribution is 5.91. The Morgan fingerprint density at radius 3 is 2.84 bits per heavy atom. The van der Waals surface area contributed by atoms with Gasteiger partial charge in [0.25, 0.3) is 0 Å². The molecule has 5 unspecified atom stereocenters. The lowest BCUT2D eigenvalue weighted by atomic mass is 9.52. The molecule has 4 fully saturated rings. The number of Topliss-reactive ketones (excluding diaryl/α,β-unsaturated/α-hetero) is 1. The first-order valence-corrected chi connectivity index (χ1v) is 11.9. The van der Waals surface area contributed by atoms with Crippen LogP contribution in [0.15, 0.2) is 12.1 Å². The Morgan fingerprint density at radius 2 is 2.13 bits per heavy atom. The smallest absolute Gasteiger partial charge is 0.313 e. The lowest BCUT2D eigenvalue weighted by molar-refractivity contribution is -0.171. The summed E-state index contributed by atoms with van der Waals surface area (Å²) < 4.78 is 12.0. The average Bonchev–Trinajstić information content (AvgIpc) is 3.28. The Morgan fingerprint density at radius 1 is 1.32 bits per heavy atom. The van der Waals surface area contributed by atoms with Gasteiger partial charge in [0.05, 0.1) is 16.9 Å². The number of ether oxygens (including phenoxy) is 2. The normalized spacial score (nSPS) is 41.9. The Hall–Kier alpha value is -1.92. The molecule has 4 aliphatic carbocycles. The number of carbonyl (C=O) groups is 2. The van der Waals surface area contributed by atoms with Crippen molar-refractivity contribution >= 4 is 11.8 Å². The number of hydrogen-bond acceptors (Lipinski definition) is 6. The van der Waals surface area contributed by atoms with Crippen LogP contribution in [0.4, 0.5) is 0 Å². The van der Waals surface area contributed by atoms with Crippen molar-refractivity contribution in [1.29, 1.82) is 0 Å². The van der Waals surface area contributed by atoms with Gasteiger partial charge in [0.1, 0.15) is 0 Å². The standard InChI is InChI=1S/C25H29NO5/c1-13(2)22(28)30-17-7-6-15-19-20(17)31-21-16(27)8-9-25(29)18-10-23(15,11-24(19,21)25)12-26(18)14-4-3-5-14/h6-7,13-14,18,21,29H,3-5,8-12H2,1-2H3. The third kappa shape index (κ3) is 1.91. The maximum absolute atomic E-state index is 13.1. The van der Waals surface area contributed by atoms with E-state index in [2.05, 4.69) is 11.0 Å². The van der Waals surface area contributed by atoms with Crippen molar-refractivity contribution < 1.29 is 24.2 Å². The van der Waals surface area contributed by atoms with Crippen molar-refractivity contribution in [2.75, 3.05) is 6.54 Å². The fourth-order valence-corrected chi connectivity index (χ4v) is 7.98. The van der Waals surface area contributed by atoms with E-state index < -0.39 is 17.1 Å². The van der Waals surface area contributed by atoms with Crippen molar-refractivity contribution in [3.05, 3.63) is 23.3 Å². The van der Waals surface area contributed by atoms with Gasteiger partial charge in [-0.05, 0) is 43.7 Å². The summed E-state index contributed by atoms with van der Waals surface area (Å²) in [7, 11) is 0. The van der Waals surface area contributed by atoms with Crippen molar-refractivity contribution in [3.63, 3.8) is 0 Å². The number of rotatable bonds is 3. The molecule has 164 valence electrons. The number of hydrogen-bond donors (Lipinski definition) is 1. The number of likely N-dealkylation sites (tertiary alicyclic amines) is 1. The average molecular weight is 424 g/mol. The zero-order valence-corrected chi connectivity index (χ0v) is 18.1. The minimum absolute atomic E-state index is 0.0448. The molecule has 1 aromatic rings. The van der Waals surface area contributed by atoms with E-state index in [0.717, 1.165) is 24.9 Å². The van der Waals surface area contributed by atoms with Crippen LogP contribution in [0.5, 0.6) is 11.5 Å². The summed E-state index contributed by atoms with van der Waals surface area (Å²) >= 11 is 0. The van der Waals surface area contributed by atoms with Gasteiger partial charge in [-0.1, -0.05) is 26.3 Å². The Bertz CT molecular complexity index is 1040. The van der Waals surface area contributed by atoms with Gasteiger partial charge in [-0.2, -0.15) is 0 Å². The van der Waals surface area contributed by atoms with Gasteiger partial charge in [-0.25, -0.2) is 0 Å². The molecule has 1 saturated heterocycles. The molecular formula is C25H29NO5. The number of carbonyl (C=O) groups excluding carboxylic acids is 2. The molecule has 3 bridgehead atoms. The summed E-state index contributed by atoms with van der Waals surface area (Å²) in [6, 6.07) is 4.55. The molecule has 3 saturated carbocycles. The SMILES string of the molecule is CC(C)C(=O)Oc1ccc2c3c1OC1C(=O)CCC4(O)C5CC2(CN5C2CCC2)CC314. The van der Waals surface area contributed by atoms with Crippen LogP contribution in [0.25, 0.3) is 0 Å². The van der Waals surface area contributed by atoms with Gasteiger partial charge < -0.3 is 14.6 Å². The third-order valence-corrected chi connectivity index (χ3v) is 9.50. The number of esters is 1. The molecule has 6 heteroatoms. The Kier molecular flexibility index (Phi) is 3.32. The van der Waals surface area contributed by atoms with Crippen molar-refractivity contribution in [2.24, 2.45) is 5.92 Å². The maximum Gasteiger partial charge on any atom is 0.313 e. The first-order valence-electron chi connectivity index (χ1n) is 11.9. The molecule has 6 aliphatic rings. The highest BCUT2D eigenvalue weighted by Gasteiger charge is 2.80. The molecule has 1 N–H and O–H groups in total. The van der Waals surface area contributed by atoms with Crippen molar-refractivity contribution in [1.82, 2.24) is 4.90 Å². The summed E-state index contributed by atoms with van der Waals surface area (Å²) in [4.78, 5) is 28.1. The van der Waals surface area contributed by atoms with E-state index in [1.807, 2.05) is 6.07 Å². The first kappa shape index (κ1) is 18.6. The van der Waals surface area contributed by atoms with Crippen LogP contribution >= 0.6 is 0 Å². The zero-order chi connectivity index (χ0) is 21.3. The summed E-state index contributed by atoms with van der Waals surface area (Å²) in [6.07, 6.45) is 5.54. The Labute approximate surface area is 181 Å². The Balaban J connectivity index is 1.45. The van der Waals surface area contributed by atoms with Gasteiger partial charge in [0, 0.05) is 36.0 Å². The molecule has 6 nitrogen and oxygen atoms in total. The van der Waals surface area contributed by atoms with E-state index >= 15 is 0 Å². The number of nitrogens with zero attached hydrogens (tertiary/aromatic N) is 1. The van der Waals surface area contributed by atoms with Crippen molar-refractivity contribution in [2.45, 2.75) is 93.4 Å². The largest absolute Gasteiger partial charge is 0.477 e. The maximum atomic E-state index is 13.1. The molecule has 7 rings (SSSR count). The van der Waals surface area contributed by atoms with Crippen LogP contribution in [0.2, 0.25) is 0 Å². The minimum Gasteiger partial charge on any atom is -0.477 e. The molecule has 2 aliphatic heterocycles. The van der Waals surface area contributed by atoms with E-state index in [1.54, 1.807) is 13.8 Å². The van der Waals surface area contributed by atoms with Gasteiger partial charge >= 0.3 is 5.97 Å². The summed E-state index contributed by atoms with van der Waals surface area (Å²) in [6.45, 7) is 4.55. The number of aliphatic hydroxyl groups is 1. The molecule has 31 heavy (non-hydrogen) atoms. The molecule has 1 aromatic carbocycles. The highest BCUT2D eigenvalue weighted by atomic mass is 16.6. The van der Waals surface area contributed by atoms with Crippen LogP contribution < -0.4 is 9.47 Å². The molecule has 0 amide bonds. The number of fused-ring (bicyclic) bond motifs is 2. The second-order valence-corrected chi connectivity index (χ2v) is 11.2. The van der Waals surface area contributed by atoms with Gasteiger partial charge in [0.2, 0.25) is 0 Å². The first-order chi connectivity index (χ1) is 14.8. The van der Waals surface area contributed by atoms with E-state index in [4.69, 9.17) is 9.47 Å². The van der Waals surface area contributed by atoms with E-state index in [-0.39, 0.29) is 29.1 Å². The van der Waals surface area contributed by atoms with Crippen LogP contribution in [0, 0.1) is 5.92 Å². The lowest BCUT2D eigenvalue weighted by Crippen LogP contribution is -2.71. The fraction of sp³-hybridized carbons (Fsp3) is 0.680. The van der Waals surface area contributed by atoms with Crippen molar-refractivity contribution in [3.8, 4) is 11.5 Å². The number of ketones is 1.